The van der Waals surface area contributed by atoms with Crippen molar-refractivity contribution >= 4 is 23.5 Å². The zero-order valence-electron chi connectivity index (χ0n) is 14.2. The van der Waals surface area contributed by atoms with E-state index in [1.54, 1.807) is 0 Å². The van der Waals surface area contributed by atoms with Gasteiger partial charge in [0, 0.05) is 24.6 Å². The summed E-state index contributed by atoms with van der Waals surface area (Å²) in [4.78, 5) is 2.44. The van der Waals surface area contributed by atoms with Crippen molar-refractivity contribution in [3.05, 3.63) is 0 Å². The zero-order chi connectivity index (χ0) is 19.8. The number of hydrogen-bond acceptors (Lipinski definition) is 12. The summed E-state index contributed by atoms with van der Waals surface area (Å²) in [6, 6.07) is 0. The van der Waals surface area contributed by atoms with Crippen LogP contribution in [-0.4, -0.2) is 61.1 Å². The normalized spacial score (nSPS) is 18.8. The van der Waals surface area contributed by atoms with E-state index in [1.165, 1.54) is 55.5 Å². The minimum absolute atomic E-state index is 0. The van der Waals surface area contributed by atoms with E-state index in [4.69, 9.17) is 37.3 Å². The smallest absolute Gasteiger partial charge is 0.315 e. The number of rotatable bonds is 0. The van der Waals surface area contributed by atoms with Crippen LogP contribution in [0.15, 0.2) is 0 Å². The molecule has 0 aliphatic carbocycles. The summed E-state index contributed by atoms with van der Waals surface area (Å²) in [5.74, 6) is 5.32. The molecule has 0 spiro atoms. The fourth-order valence-corrected chi connectivity index (χ4v) is 3.60. The predicted octanol–water partition coefficient (Wildman–Crippen LogP) is -7.75. The molecule has 0 atom stereocenters. The van der Waals surface area contributed by atoms with Crippen LogP contribution in [0, 0.1) is 20.5 Å². The van der Waals surface area contributed by atoms with Crippen molar-refractivity contribution in [2.24, 2.45) is 0 Å². The average Bonchev–Trinajstić information content (AvgIpc) is 2.40. The molecule has 0 aromatic rings. The van der Waals surface area contributed by atoms with Gasteiger partial charge >= 0.3 is 17.1 Å². The van der Waals surface area contributed by atoms with Gasteiger partial charge in [0.1, 0.15) is 0 Å². The maximum absolute atomic E-state index is 8.49. The molecule has 10 nitrogen and oxygen atoms in total. The van der Waals surface area contributed by atoms with Gasteiger partial charge < -0.3 is 10.2 Å². The Hall–Kier alpha value is 1.40. The first-order chi connectivity index (χ1) is 11.4. The third-order valence-electron chi connectivity index (χ3n) is 2.51. The molecule has 1 N–H and O–H groups in total. The van der Waals surface area contributed by atoms with E-state index in [9.17, 15) is 0 Å². The zero-order valence-corrected chi connectivity index (χ0v) is 18.2. The maximum atomic E-state index is 8.49. The van der Waals surface area contributed by atoms with Crippen LogP contribution in [0.2, 0.25) is 0 Å². The summed E-state index contributed by atoms with van der Waals surface area (Å²) < 4.78 is 67.9. The van der Waals surface area contributed by atoms with Crippen molar-refractivity contribution in [2.75, 3.05) is 56.2 Å². The standard InChI is InChI=1S/C11H24N2S2.2ClHO4.Cu/c1-13-6-3-9-15-11-10-14-8-2-4-12-5-7-13;2*2-1(3,4)5;/h12H,2-11H2,1H3;2*(H,2,3,4,5);/q;;;+2/p-2. The second-order valence-corrected chi connectivity index (χ2v) is 8.70. The van der Waals surface area contributed by atoms with Gasteiger partial charge in [-0.15, -0.1) is 20.5 Å². The SMILES string of the molecule is CN1CCCSCCSCCCNCC1.[Cu+2].[O-][Cl+3]([O-])([O-])[O-].[O-][Cl+3]([O-])([O-])[O-]. The van der Waals surface area contributed by atoms with Gasteiger partial charge in [-0.25, -0.2) is 37.3 Å². The molecule has 1 fully saturated rings. The third-order valence-corrected chi connectivity index (χ3v) is 4.91. The van der Waals surface area contributed by atoms with Gasteiger partial charge in [-0.1, -0.05) is 0 Å². The molecular formula is C11H24Cl2CuN2O8S2. The van der Waals surface area contributed by atoms with Crippen molar-refractivity contribution in [2.45, 2.75) is 12.8 Å². The van der Waals surface area contributed by atoms with E-state index in [0.29, 0.717) is 0 Å². The predicted molar refractivity (Wildman–Crippen MR) is 74.3 cm³/mol. The van der Waals surface area contributed by atoms with Crippen LogP contribution in [0.5, 0.6) is 0 Å². The van der Waals surface area contributed by atoms with E-state index in [1.807, 2.05) is 0 Å². The number of thioether (sulfide) groups is 2. The quantitative estimate of drug-likeness (QED) is 0.302. The van der Waals surface area contributed by atoms with Crippen LogP contribution in [0.1, 0.15) is 12.8 Å². The molecule has 0 aromatic carbocycles. The molecule has 0 bridgehead atoms. The Morgan fingerprint density at radius 2 is 1.12 bits per heavy atom. The Bertz CT molecular complexity index is 266. The van der Waals surface area contributed by atoms with Crippen LogP contribution in [0.4, 0.5) is 0 Å². The molecule has 1 rings (SSSR count). The van der Waals surface area contributed by atoms with E-state index in [0.717, 1.165) is 6.54 Å². The average molecular weight is 511 g/mol. The molecule has 0 unspecified atom stereocenters. The first-order valence-electron chi connectivity index (χ1n) is 7.18. The topological polar surface area (TPSA) is 200 Å². The molecule has 1 aliphatic heterocycles. The van der Waals surface area contributed by atoms with Crippen molar-refractivity contribution in [3.63, 3.8) is 0 Å². The molecule has 1 radical (unpaired) electrons. The van der Waals surface area contributed by atoms with E-state index in [2.05, 4.69) is 40.8 Å². The van der Waals surface area contributed by atoms with Crippen molar-refractivity contribution in [3.8, 4) is 0 Å². The molecule has 1 saturated heterocycles. The molecule has 163 valence electrons. The van der Waals surface area contributed by atoms with Crippen molar-refractivity contribution in [1.29, 1.82) is 0 Å². The second kappa shape index (κ2) is 19.7. The molecule has 0 saturated carbocycles. The summed E-state index contributed by atoms with van der Waals surface area (Å²) in [7, 11) is -7.66. The summed E-state index contributed by atoms with van der Waals surface area (Å²) >= 11 is 4.23. The van der Waals surface area contributed by atoms with Crippen LogP contribution < -0.4 is 42.6 Å². The molecule has 1 heterocycles. The Balaban J connectivity index is -0.000000401. The summed E-state index contributed by atoms with van der Waals surface area (Å²) in [5, 5.41) is 3.51. The van der Waals surface area contributed by atoms with Gasteiger partial charge in [-0.3, -0.25) is 0 Å². The van der Waals surface area contributed by atoms with Gasteiger partial charge in [-0.2, -0.15) is 23.5 Å². The Morgan fingerprint density at radius 1 is 0.692 bits per heavy atom. The summed E-state index contributed by atoms with van der Waals surface area (Å²) in [6.07, 6.45) is 2.66. The molecular weight excluding hydrogens is 487 g/mol. The molecule has 1 aliphatic rings. The van der Waals surface area contributed by atoms with Crippen LogP contribution in [0.25, 0.3) is 0 Å². The van der Waals surface area contributed by atoms with E-state index >= 15 is 0 Å². The maximum Gasteiger partial charge on any atom is 2.00 e. The fourth-order valence-electron chi connectivity index (χ4n) is 1.56. The van der Waals surface area contributed by atoms with Crippen LogP contribution in [-0.2, 0) is 17.1 Å². The molecule has 0 amide bonds. The van der Waals surface area contributed by atoms with Crippen LogP contribution in [0.3, 0.4) is 0 Å². The van der Waals surface area contributed by atoms with Gasteiger partial charge in [0.25, 0.3) is 0 Å². The van der Waals surface area contributed by atoms with Gasteiger partial charge in [0.05, 0.1) is 0 Å². The fraction of sp³-hybridized carbons (Fsp3) is 1.00. The van der Waals surface area contributed by atoms with Gasteiger partial charge in [-0.05, 0) is 44.5 Å². The van der Waals surface area contributed by atoms with Crippen molar-refractivity contribution < 1.29 is 74.8 Å². The van der Waals surface area contributed by atoms with Crippen molar-refractivity contribution in [1.82, 2.24) is 10.2 Å². The first-order valence-corrected chi connectivity index (χ1v) is 12.0. The van der Waals surface area contributed by atoms with E-state index in [-0.39, 0.29) is 17.1 Å². The summed E-state index contributed by atoms with van der Waals surface area (Å²) in [5.41, 5.74) is 0. The second-order valence-electron chi connectivity index (χ2n) is 4.74. The molecule has 26 heavy (non-hydrogen) atoms. The number of nitrogens with zero attached hydrogens (tertiary/aromatic N) is 1. The Morgan fingerprint density at radius 3 is 1.58 bits per heavy atom. The molecule has 15 heteroatoms. The van der Waals surface area contributed by atoms with Gasteiger partial charge in [0.15, 0.2) is 0 Å². The largest absolute Gasteiger partial charge is 2.00 e. The van der Waals surface area contributed by atoms with Crippen LogP contribution >= 0.6 is 23.5 Å². The minimum Gasteiger partial charge on any atom is -0.315 e. The Labute approximate surface area is 177 Å². The number of likely N-dealkylation sites (N-methyl/N-ethyl adjacent to an activating group) is 1. The number of nitrogens with one attached hydrogen (secondary N) is 1. The monoisotopic (exact) mass is 509 g/mol. The number of hydrogen-bond donors (Lipinski definition) is 1. The Kier molecular flexibility index (Phi) is 24.3. The minimum atomic E-state index is -4.94. The molecule has 0 aromatic heterocycles. The van der Waals surface area contributed by atoms with Gasteiger partial charge in [0.2, 0.25) is 0 Å². The van der Waals surface area contributed by atoms with E-state index < -0.39 is 20.5 Å². The first kappa shape index (κ1) is 32.1. The summed E-state index contributed by atoms with van der Waals surface area (Å²) in [6.45, 7) is 4.78. The third kappa shape index (κ3) is 49.9. The number of halogens is 2.